The zero-order valence-corrected chi connectivity index (χ0v) is 7.14. The molecule has 0 aliphatic heterocycles. The highest BCUT2D eigenvalue weighted by atomic mass is 16.4. The van der Waals surface area contributed by atoms with Gasteiger partial charge >= 0.3 is 0 Å². The molecule has 0 atom stereocenters. The van der Waals surface area contributed by atoms with Crippen molar-refractivity contribution in [1.29, 1.82) is 0 Å². The summed E-state index contributed by atoms with van der Waals surface area (Å²) in [5.41, 5.74) is 3.46. The number of aliphatic hydroxyl groups excluding tert-OH is 1. The number of aromatic carboxylic acids is 1. The van der Waals surface area contributed by atoms with Gasteiger partial charge in [-0.3, -0.25) is 4.98 Å². The van der Waals surface area contributed by atoms with E-state index in [2.05, 4.69) is 10.7 Å². The molecule has 72 valence electrons. The van der Waals surface area contributed by atoms with Crippen molar-refractivity contribution >= 4 is 5.97 Å². The van der Waals surface area contributed by atoms with Crippen molar-refractivity contribution in [3.8, 4) is 0 Å². The predicted molar refractivity (Wildman–Crippen MR) is 43.4 cm³/mol. The van der Waals surface area contributed by atoms with Crippen molar-refractivity contribution in [3.05, 3.63) is 30.1 Å². The van der Waals surface area contributed by atoms with Gasteiger partial charge in [0.05, 0.1) is 19.1 Å². The Morgan fingerprint density at radius 2 is 2.31 bits per heavy atom. The highest BCUT2D eigenvalue weighted by molar-refractivity contribution is 5.85. The first-order valence-corrected chi connectivity index (χ1v) is 3.73. The molecule has 0 fully saturated rings. The quantitative estimate of drug-likeness (QED) is 0.538. The first kappa shape index (κ1) is 11.5. The van der Waals surface area contributed by atoms with Crippen LogP contribution in [0.15, 0.2) is 24.5 Å². The zero-order valence-electron chi connectivity index (χ0n) is 7.14. The number of hydrogen-bond acceptors (Lipinski definition) is 4. The lowest BCUT2D eigenvalue weighted by molar-refractivity contribution is -0.372. The molecule has 13 heavy (non-hydrogen) atoms. The van der Waals surface area contributed by atoms with E-state index in [0.29, 0.717) is 6.54 Å². The maximum absolute atomic E-state index is 10.0. The number of aromatic nitrogens is 1. The minimum Gasteiger partial charge on any atom is -0.545 e. The van der Waals surface area contributed by atoms with Gasteiger partial charge in [-0.2, -0.15) is 0 Å². The molecule has 0 aromatic carbocycles. The molecule has 0 unspecified atom stereocenters. The largest absolute Gasteiger partial charge is 0.545 e. The topological polar surface area (TPSA) is 101 Å². The molecule has 5 nitrogen and oxygen atoms in total. The molecule has 0 radical (unpaired) electrons. The Morgan fingerprint density at radius 3 is 2.54 bits per heavy atom. The van der Waals surface area contributed by atoms with Crippen LogP contribution >= 0.6 is 0 Å². The Bertz CT molecular complexity index is 236. The first-order valence-electron chi connectivity index (χ1n) is 3.73. The number of hydrogen-bond donors (Lipinski definition) is 2. The van der Waals surface area contributed by atoms with Crippen LogP contribution in [-0.2, 0) is 0 Å². The van der Waals surface area contributed by atoms with Crippen LogP contribution in [0.4, 0.5) is 0 Å². The zero-order chi connectivity index (χ0) is 10.1. The number of quaternary nitrogens is 1. The summed E-state index contributed by atoms with van der Waals surface area (Å²) in [6, 6.07) is 2.98. The lowest BCUT2D eigenvalue weighted by Crippen LogP contribution is -2.51. The van der Waals surface area contributed by atoms with E-state index in [1.165, 1.54) is 18.5 Å². The Hall–Kier alpha value is -1.46. The van der Waals surface area contributed by atoms with Gasteiger partial charge in [-0.05, 0) is 6.07 Å². The fourth-order valence-electron chi connectivity index (χ4n) is 0.484. The second-order valence-electron chi connectivity index (χ2n) is 2.11. The summed E-state index contributed by atoms with van der Waals surface area (Å²) in [5, 5.41) is 17.9. The van der Waals surface area contributed by atoms with E-state index in [1.807, 2.05) is 0 Å². The maximum atomic E-state index is 10.0. The number of nitrogens with zero attached hydrogens (tertiary/aromatic N) is 1. The van der Waals surface area contributed by atoms with Gasteiger partial charge in [0.15, 0.2) is 0 Å². The molecular formula is C8H12N2O3. The molecule has 0 saturated heterocycles. The second kappa shape index (κ2) is 7.20. The lowest BCUT2D eigenvalue weighted by Gasteiger charge is -1.97. The Balaban J connectivity index is 0.000000310. The molecule has 0 aliphatic carbocycles. The lowest BCUT2D eigenvalue weighted by atomic mass is 10.3. The molecule has 0 amide bonds. The van der Waals surface area contributed by atoms with E-state index in [-0.39, 0.29) is 12.2 Å². The third kappa shape index (κ3) is 5.77. The molecule has 1 heterocycles. The van der Waals surface area contributed by atoms with Crippen LogP contribution in [0.5, 0.6) is 0 Å². The average molecular weight is 184 g/mol. The summed E-state index contributed by atoms with van der Waals surface area (Å²) in [6.07, 6.45) is 2.75. The number of carbonyl (C=O) groups is 1. The van der Waals surface area contributed by atoms with Gasteiger partial charge in [-0.1, -0.05) is 6.07 Å². The minimum absolute atomic E-state index is 0.109. The normalized spacial score (nSPS) is 8.46. The molecule has 0 spiro atoms. The van der Waals surface area contributed by atoms with Gasteiger partial charge in [0.1, 0.15) is 0 Å². The smallest absolute Gasteiger partial charge is 0.0974 e. The van der Waals surface area contributed by atoms with Gasteiger partial charge in [0.25, 0.3) is 0 Å². The Kier molecular flexibility index (Phi) is 6.39. The Labute approximate surface area is 75.8 Å². The number of carboxylic acids is 1. The van der Waals surface area contributed by atoms with Crippen LogP contribution in [0.1, 0.15) is 10.4 Å². The summed E-state index contributed by atoms with van der Waals surface area (Å²) < 4.78 is 0. The van der Waals surface area contributed by atoms with Crippen LogP contribution < -0.4 is 10.8 Å². The van der Waals surface area contributed by atoms with Crippen molar-refractivity contribution in [3.63, 3.8) is 0 Å². The summed E-state index contributed by atoms with van der Waals surface area (Å²) in [5.74, 6) is -1.19. The van der Waals surface area contributed by atoms with Gasteiger partial charge in [-0.25, -0.2) is 0 Å². The third-order valence-electron chi connectivity index (χ3n) is 1.06. The average Bonchev–Trinajstić information content (AvgIpc) is 2.19. The van der Waals surface area contributed by atoms with Gasteiger partial charge in [0, 0.05) is 18.0 Å². The van der Waals surface area contributed by atoms with E-state index in [0.717, 1.165) is 0 Å². The van der Waals surface area contributed by atoms with E-state index >= 15 is 0 Å². The van der Waals surface area contributed by atoms with Gasteiger partial charge < -0.3 is 20.7 Å². The van der Waals surface area contributed by atoms with Crippen molar-refractivity contribution in [2.45, 2.75) is 0 Å². The van der Waals surface area contributed by atoms with Crippen molar-refractivity contribution < 1.29 is 20.7 Å². The monoisotopic (exact) mass is 184 g/mol. The standard InChI is InChI=1S/C6H5NO2.C2H7NO/c8-6(9)5-2-1-3-7-4-5;3-1-2-4/h1-4H,(H,8,9);4H,1-3H2. The SMILES string of the molecule is O=C([O-])c1cccnc1.[NH3+]CCO. The van der Waals surface area contributed by atoms with Gasteiger partial charge in [-0.15, -0.1) is 0 Å². The van der Waals surface area contributed by atoms with E-state index in [4.69, 9.17) is 5.11 Å². The molecule has 0 saturated carbocycles. The highest BCUT2D eigenvalue weighted by Crippen LogP contribution is 1.90. The van der Waals surface area contributed by atoms with E-state index in [1.54, 1.807) is 6.07 Å². The maximum Gasteiger partial charge on any atom is 0.0974 e. The van der Waals surface area contributed by atoms with Crippen molar-refractivity contribution in [1.82, 2.24) is 4.98 Å². The highest BCUT2D eigenvalue weighted by Gasteiger charge is 1.87. The molecule has 0 aliphatic rings. The van der Waals surface area contributed by atoms with E-state index in [9.17, 15) is 9.90 Å². The molecular weight excluding hydrogens is 172 g/mol. The molecule has 4 N–H and O–H groups in total. The van der Waals surface area contributed by atoms with Crippen LogP contribution in [0.25, 0.3) is 0 Å². The fraction of sp³-hybridized carbons (Fsp3) is 0.250. The number of pyridine rings is 1. The van der Waals surface area contributed by atoms with Crippen LogP contribution in [0.3, 0.4) is 0 Å². The molecule has 1 aromatic heterocycles. The number of rotatable bonds is 2. The molecule has 1 rings (SSSR count). The fourth-order valence-corrected chi connectivity index (χ4v) is 0.484. The molecule has 5 heteroatoms. The van der Waals surface area contributed by atoms with Gasteiger partial charge in [0.2, 0.25) is 0 Å². The number of carbonyl (C=O) groups excluding carboxylic acids is 1. The summed E-state index contributed by atoms with van der Waals surface area (Å²) in [6.45, 7) is 0.833. The first-order chi connectivity index (χ1) is 6.22. The second-order valence-corrected chi connectivity index (χ2v) is 2.11. The minimum atomic E-state index is -1.19. The van der Waals surface area contributed by atoms with Crippen LogP contribution in [0.2, 0.25) is 0 Å². The van der Waals surface area contributed by atoms with Crippen LogP contribution in [-0.4, -0.2) is 29.2 Å². The summed E-state index contributed by atoms with van der Waals surface area (Å²) in [4.78, 5) is 13.6. The molecule has 0 bridgehead atoms. The summed E-state index contributed by atoms with van der Waals surface area (Å²) in [7, 11) is 0. The Morgan fingerprint density at radius 1 is 1.69 bits per heavy atom. The number of carboxylic acid groups (broad SMARTS) is 1. The van der Waals surface area contributed by atoms with Crippen LogP contribution in [0, 0.1) is 0 Å². The van der Waals surface area contributed by atoms with Crippen molar-refractivity contribution in [2.24, 2.45) is 0 Å². The van der Waals surface area contributed by atoms with Crippen molar-refractivity contribution in [2.75, 3.05) is 13.2 Å². The third-order valence-corrected chi connectivity index (χ3v) is 1.06. The molecule has 1 aromatic rings. The number of aliphatic hydroxyl groups is 1. The van der Waals surface area contributed by atoms with E-state index < -0.39 is 5.97 Å². The predicted octanol–water partition coefficient (Wildman–Crippen LogP) is -2.33. The summed E-state index contributed by atoms with van der Waals surface area (Å²) >= 11 is 0.